The fourth-order valence-corrected chi connectivity index (χ4v) is 0. The van der Waals surface area contributed by atoms with Crippen LogP contribution >= 0.6 is 43.1 Å². The average Bonchev–Trinajstić information content (AvgIpc) is 1.00. The molecule has 0 bridgehead atoms. The first-order valence-electron chi connectivity index (χ1n) is 0.204. The van der Waals surface area contributed by atoms with Crippen LogP contribution in [0.3, 0.4) is 0 Å². The van der Waals surface area contributed by atoms with Crippen molar-refractivity contribution in [3.8, 4) is 0 Å². The fourth-order valence-electron chi connectivity index (χ4n) is 0. The number of hydrogen-bond acceptors (Lipinski definition) is 1. The Kier molecular flexibility index (Phi) is 543. The molecule has 5 heavy (non-hydrogen) atoms. The lowest BCUT2D eigenvalue weighted by atomic mass is 12.0. The molecule has 0 spiro atoms. The topological polar surface area (TPSA) is 17.1 Å². The van der Waals surface area contributed by atoms with Crippen LogP contribution < -0.4 is 0 Å². The maximum atomic E-state index is 8.06. The molecule has 0 unspecified atom stereocenters. The van der Waals surface area contributed by atoms with Gasteiger partial charge in [0.2, 0.25) is 0 Å². The molecule has 0 saturated carbocycles. The molecule has 0 aromatic rings. The smallest absolute Gasteiger partial charge is 0.138 e. The lowest BCUT2D eigenvalue weighted by Gasteiger charge is -0.807. The van der Waals surface area contributed by atoms with Gasteiger partial charge in [-0.25, -0.2) is 0 Å². The van der Waals surface area contributed by atoms with Gasteiger partial charge in [-0.05, 0) is 0 Å². The normalized spacial score (nSPS) is 0.800. The van der Waals surface area contributed by atoms with Gasteiger partial charge in [-0.15, -0.1) is 34.0 Å². The molecule has 36 valence electrons. The monoisotopic (exact) mass is 224 g/mol. The van der Waals surface area contributed by atoms with Crippen LogP contribution in [0.15, 0.2) is 0 Å². The van der Waals surface area contributed by atoms with E-state index in [-0.39, 0.29) is 41.4 Å². The summed E-state index contributed by atoms with van der Waals surface area (Å²) in [5.41, 5.74) is 0. The van der Waals surface area contributed by atoms with Gasteiger partial charge in [-0.2, -0.15) is 0 Å². The fraction of sp³-hybridized carbons (Fsp3) is 1.00. The molecule has 0 radical (unpaired) electrons. The summed E-state index contributed by atoms with van der Waals surface area (Å²) in [4.78, 5) is 0. The van der Waals surface area contributed by atoms with Crippen LogP contribution in [0.5, 0.6) is 0 Å². The van der Waals surface area contributed by atoms with E-state index in [1.807, 2.05) is 0 Å². The summed E-state index contributed by atoms with van der Waals surface area (Å²) in [5, 5.41) is 0. The van der Waals surface area contributed by atoms with Crippen LogP contribution in [-0.2, 0) is 4.57 Å². The van der Waals surface area contributed by atoms with Gasteiger partial charge in [-0.3, -0.25) is 4.57 Å². The van der Waals surface area contributed by atoms with Crippen molar-refractivity contribution in [2.75, 3.05) is 0 Å². The van der Waals surface area contributed by atoms with E-state index >= 15 is 0 Å². The van der Waals surface area contributed by atoms with Gasteiger partial charge in [0.25, 0.3) is 0 Å². The Hall–Kier alpha value is 1.06. The van der Waals surface area contributed by atoms with Crippen molar-refractivity contribution in [3.05, 3.63) is 0 Å². The highest BCUT2D eigenvalue weighted by atomic mass is 79.9. The predicted octanol–water partition coefficient (Wildman–Crippen LogP) is 2.27. The molecule has 0 N–H and O–H groups in total. The van der Waals surface area contributed by atoms with E-state index in [1.165, 1.54) is 0 Å². The summed E-state index contributed by atoms with van der Waals surface area (Å²) in [5.74, 6) is 0. The maximum Gasteiger partial charge on any atom is 0.138 e. The van der Waals surface area contributed by atoms with E-state index in [0.29, 0.717) is 0 Å². The third kappa shape index (κ3) is 42.2. The Morgan fingerprint density at radius 3 is 1.00 bits per heavy atom. The van der Waals surface area contributed by atoms with E-state index in [4.69, 9.17) is 4.57 Å². The van der Waals surface area contributed by atoms with Crippen molar-refractivity contribution >= 4 is 43.1 Å². The molecule has 1 nitrogen and oxygen atoms in total. The highest BCUT2D eigenvalue weighted by Crippen LogP contribution is 1.23. The molecule has 0 amide bonds. The molecule has 4 heteroatoms. The molecular weight excluding hydrogens is 219 g/mol. The second-order valence-corrected chi connectivity index (χ2v) is 0. The van der Waals surface area contributed by atoms with Gasteiger partial charge in [0.05, 0.1) is 0 Å². The second kappa shape index (κ2) is 74.2. The number of hydrogen-bond donors (Lipinski definition) is 0. The van der Waals surface area contributed by atoms with Gasteiger partial charge in [0, 0.05) is 0 Å². The standard InChI is InChI=1S/CH4.2BrH.HOP/c;;;1-2/h1H4;2*1H;2H. The summed E-state index contributed by atoms with van der Waals surface area (Å²) < 4.78 is 8.06. The average molecular weight is 226 g/mol. The van der Waals surface area contributed by atoms with Crippen molar-refractivity contribution < 1.29 is 4.57 Å². The summed E-state index contributed by atoms with van der Waals surface area (Å²) >= 11 is 0. The predicted molar refractivity (Wildman–Crippen MR) is 36.4 cm³/mol. The van der Waals surface area contributed by atoms with Gasteiger partial charge in [-0.1, -0.05) is 7.43 Å². The van der Waals surface area contributed by atoms with Crippen molar-refractivity contribution in [3.63, 3.8) is 0 Å². The van der Waals surface area contributed by atoms with Gasteiger partial charge >= 0.3 is 0 Å². The lowest BCUT2D eigenvalue weighted by molar-refractivity contribution is 0.607. The summed E-state index contributed by atoms with van der Waals surface area (Å²) in [6.07, 6.45) is 0. The zero-order chi connectivity index (χ0) is 2.00. The summed E-state index contributed by atoms with van der Waals surface area (Å²) in [7, 11) is 1.72. The lowest BCUT2D eigenvalue weighted by Crippen LogP contribution is -0.489. The van der Waals surface area contributed by atoms with E-state index in [1.54, 1.807) is 9.12 Å². The summed E-state index contributed by atoms with van der Waals surface area (Å²) in [6.45, 7) is 0. The molecule has 0 aliphatic heterocycles. The van der Waals surface area contributed by atoms with E-state index in [0.717, 1.165) is 0 Å². The van der Waals surface area contributed by atoms with Crippen LogP contribution in [-0.4, -0.2) is 0 Å². The van der Waals surface area contributed by atoms with Crippen LogP contribution in [0.4, 0.5) is 0 Å². The van der Waals surface area contributed by atoms with Crippen LogP contribution in [0.2, 0.25) is 0 Å². The second-order valence-electron chi connectivity index (χ2n) is 0. The van der Waals surface area contributed by atoms with Gasteiger partial charge in [0.1, 0.15) is 9.12 Å². The Balaban J connectivity index is -0.00000000167. The quantitative estimate of drug-likeness (QED) is 0.579. The Labute approximate surface area is 55.3 Å². The van der Waals surface area contributed by atoms with Crippen LogP contribution in [0.1, 0.15) is 7.43 Å². The molecule has 0 aliphatic rings. The van der Waals surface area contributed by atoms with E-state index < -0.39 is 0 Å². The minimum atomic E-state index is 0. The number of rotatable bonds is 0. The first-order chi connectivity index (χ1) is 1.00. The molecule has 0 atom stereocenters. The first kappa shape index (κ1) is 36.6. The Morgan fingerprint density at radius 1 is 1.00 bits per heavy atom. The third-order valence-electron chi connectivity index (χ3n) is 0. The Bertz CT molecular complexity index is 9.61. The molecule has 0 aliphatic carbocycles. The molecule has 0 aromatic carbocycles. The summed E-state index contributed by atoms with van der Waals surface area (Å²) in [6, 6.07) is 0. The van der Waals surface area contributed by atoms with Crippen molar-refractivity contribution in [1.82, 2.24) is 0 Å². The maximum absolute atomic E-state index is 8.06. The van der Waals surface area contributed by atoms with E-state index in [2.05, 4.69) is 0 Å². The molecular formula is CH7Br2OP. The number of halogens is 2. The van der Waals surface area contributed by atoms with Crippen LogP contribution in [0.25, 0.3) is 0 Å². The van der Waals surface area contributed by atoms with Crippen molar-refractivity contribution in [2.45, 2.75) is 7.43 Å². The van der Waals surface area contributed by atoms with Gasteiger partial charge < -0.3 is 0 Å². The van der Waals surface area contributed by atoms with Gasteiger partial charge in [0.15, 0.2) is 0 Å². The highest BCUT2D eigenvalue weighted by Gasteiger charge is 0.667. The molecule has 0 rings (SSSR count). The minimum absolute atomic E-state index is 0. The van der Waals surface area contributed by atoms with Crippen molar-refractivity contribution in [2.24, 2.45) is 0 Å². The molecule has 0 heterocycles. The van der Waals surface area contributed by atoms with E-state index in [9.17, 15) is 0 Å². The third-order valence-corrected chi connectivity index (χ3v) is 0. The molecule has 0 fully saturated rings. The zero-order valence-corrected chi connectivity index (χ0v) is 6.15. The minimum Gasteiger partial charge on any atom is -0.279 e. The van der Waals surface area contributed by atoms with Crippen molar-refractivity contribution in [1.29, 1.82) is 0 Å². The first-order valence-corrected chi connectivity index (χ1v) is 0.612. The largest absolute Gasteiger partial charge is 0.279 e. The Morgan fingerprint density at radius 2 is 1.00 bits per heavy atom. The SMILES string of the molecule is Br.Br.C.O=P. The highest BCUT2D eigenvalue weighted by molar-refractivity contribution is 8.93. The zero-order valence-electron chi connectivity index (χ0n) is 1.72. The van der Waals surface area contributed by atoms with Crippen LogP contribution in [0, 0.1) is 0 Å². The molecule has 0 aromatic heterocycles. The molecule has 0 saturated heterocycles.